The summed E-state index contributed by atoms with van der Waals surface area (Å²) < 4.78 is 47.3. The first-order valence-electron chi connectivity index (χ1n) is 10.2. The smallest absolute Gasteiger partial charge is 0.418 e. The molecular formula is C26H24F3NO3. The molecule has 0 radical (unpaired) electrons. The summed E-state index contributed by atoms with van der Waals surface area (Å²) in [5.41, 5.74) is 1.79. The van der Waals surface area contributed by atoms with Gasteiger partial charge in [0, 0.05) is 18.2 Å². The number of carbonyl (C=O) groups excluding carboxylic acids is 2. The maximum atomic E-state index is 14.0. The van der Waals surface area contributed by atoms with E-state index in [1.807, 2.05) is 0 Å². The Balaban J connectivity index is 2.09. The van der Waals surface area contributed by atoms with Crippen LogP contribution >= 0.6 is 0 Å². The quantitative estimate of drug-likeness (QED) is 0.414. The van der Waals surface area contributed by atoms with Gasteiger partial charge in [-0.25, -0.2) is 0 Å². The Morgan fingerprint density at radius 3 is 2.12 bits per heavy atom. The van der Waals surface area contributed by atoms with Crippen LogP contribution in [0.2, 0.25) is 0 Å². The zero-order chi connectivity index (χ0) is 24.5. The summed E-state index contributed by atoms with van der Waals surface area (Å²) >= 11 is 0. The average Bonchev–Trinajstić information content (AvgIpc) is 2.77. The second-order valence-corrected chi connectivity index (χ2v) is 7.86. The highest BCUT2D eigenvalue weighted by molar-refractivity contribution is 6.06. The van der Waals surface area contributed by atoms with Crippen LogP contribution in [0.5, 0.6) is 5.75 Å². The van der Waals surface area contributed by atoms with E-state index in [1.54, 1.807) is 44.2 Å². The maximum Gasteiger partial charge on any atom is 0.418 e. The zero-order valence-electron chi connectivity index (χ0n) is 19.0. The van der Waals surface area contributed by atoms with E-state index < -0.39 is 17.6 Å². The van der Waals surface area contributed by atoms with Gasteiger partial charge in [0.15, 0.2) is 5.78 Å². The third kappa shape index (κ3) is 4.92. The molecule has 33 heavy (non-hydrogen) atoms. The molecule has 0 spiro atoms. The molecule has 172 valence electrons. The van der Waals surface area contributed by atoms with Gasteiger partial charge in [-0.3, -0.25) is 9.59 Å². The summed E-state index contributed by atoms with van der Waals surface area (Å²) in [5.74, 6) is -0.300. The van der Waals surface area contributed by atoms with Gasteiger partial charge in [0.2, 0.25) is 0 Å². The van der Waals surface area contributed by atoms with Crippen molar-refractivity contribution in [1.82, 2.24) is 0 Å². The highest BCUT2D eigenvalue weighted by Gasteiger charge is 2.36. The van der Waals surface area contributed by atoms with Crippen LogP contribution < -0.4 is 9.64 Å². The molecule has 4 nitrogen and oxygen atoms in total. The van der Waals surface area contributed by atoms with Crippen molar-refractivity contribution in [2.75, 3.05) is 19.1 Å². The maximum absolute atomic E-state index is 14.0. The van der Waals surface area contributed by atoms with E-state index >= 15 is 0 Å². The molecule has 0 aliphatic heterocycles. The second-order valence-electron chi connectivity index (χ2n) is 7.86. The molecule has 0 unspecified atom stereocenters. The first kappa shape index (κ1) is 24.0. The van der Waals surface area contributed by atoms with E-state index in [0.717, 1.165) is 22.1 Å². The normalized spacial score (nSPS) is 11.3. The number of hydrogen-bond donors (Lipinski definition) is 0. The van der Waals surface area contributed by atoms with Crippen molar-refractivity contribution < 1.29 is 27.5 Å². The van der Waals surface area contributed by atoms with Crippen molar-refractivity contribution in [2.45, 2.75) is 26.9 Å². The Bertz CT molecular complexity index is 1230. The molecule has 0 aliphatic carbocycles. The van der Waals surface area contributed by atoms with Crippen molar-refractivity contribution in [3.8, 4) is 16.9 Å². The van der Waals surface area contributed by atoms with Crippen LogP contribution in [0.15, 0.2) is 54.6 Å². The van der Waals surface area contributed by atoms with Crippen molar-refractivity contribution in [1.29, 1.82) is 0 Å². The molecule has 0 saturated heterocycles. The number of methoxy groups -OCH3 is 1. The molecule has 0 aromatic heterocycles. The minimum absolute atomic E-state index is 0.178. The number of hydrogen-bond acceptors (Lipinski definition) is 3. The standard InChI is InChI=1S/C26H24F3NO3/c1-15-6-8-18(17(3)31)12-21(15)19-10-11-23(22(13-19)26(27,28)29)30(4)25(32)20-9-7-16(2)24(14-20)33-5/h6-14H,1-5H3. The molecule has 7 heteroatoms. The molecule has 1 amide bonds. The van der Waals surface area contributed by atoms with E-state index in [9.17, 15) is 22.8 Å². The SMILES string of the molecule is COc1cc(C(=O)N(C)c2ccc(-c3cc(C(C)=O)ccc3C)cc2C(F)(F)F)ccc1C. The molecular weight excluding hydrogens is 431 g/mol. The third-order valence-corrected chi connectivity index (χ3v) is 5.58. The predicted molar refractivity (Wildman–Crippen MR) is 122 cm³/mol. The number of halogens is 3. The van der Waals surface area contributed by atoms with Crippen molar-refractivity contribution in [3.63, 3.8) is 0 Å². The van der Waals surface area contributed by atoms with Crippen molar-refractivity contribution in [3.05, 3.63) is 82.4 Å². The Hall–Kier alpha value is -3.61. The van der Waals surface area contributed by atoms with Gasteiger partial charge in [-0.05, 0) is 73.4 Å². The highest BCUT2D eigenvalue weighted by atomic mass is 19.4. The van der Waals surface area contributed by atoms with Crippen molar-refractivity contribution >= 4 is 17.4 Å². The number of ketones is 1. The third-order valence-electron chi connectivity index (χ3n) is 5.58. The fourth-order valence-corrected chi connectivity index (χ4v) is 3.63. The number of amides is 1. The van der Waals surface area contributed by atoms with E-state index in [1.165, 1.54) is 39.3 Å². The van der Waals surface area contributed by atoms with Gasteiger partial charge < -0.3 is 9.64 Å². The van der Waals surface area contributed by atoms with Crippen LogP contribution in [0.3, 0.4) is 0 Å². The van der Waals surface area contributed by atoms with Crippen LogP contribution in [0.25, 0.3) is 11.1 Å². The fraction of sp³-hybridized carbons (Fsp3) is 0.231. The molecule has 0 fully saturated rings. The first-order valence-corrected chi connectivity index (χ1v) is 10.2. The Kier molecular flexibility index (Phi) is 6.63. The van der Waals surface area contributed by atoms with Gasteiger partial charge in [0.05, 0.1) is 18.4 Å². The second kappa shape index (κ2) is 9.10. The molecule has 3 aromatic carbocycles. The Morgan fingerprint density at radius 1 is 0.879 bits per heavy atom. The van der Waals surface area contributed by atoms with E-state index in [2.05, 4.69) is 0 Å². The number of alkyl halides is 3. The molecule has 3 aromatic rings. The number of rotatable bonds is 5. The van der Waals surface area contributed by atoms with Gasteiger partial charge in [-0.15, -0.1) is 0 Å². The highest BCUT2D eigenvalue weighted by Crippen LogP contribution is 2.40. The van der Waals surface area contributed by atoms with Crippen LogP contribution in [0, 0.1) is 13.8 Å². The number of ether oxygens (including phenoxy) is 1. The topological polar surface area (TPSA) is 46.6 Å². The lowest BCUT2D eigenvalue weighted by Gasteiger charge is -2.23. The summed E-state index contributed by atoms with van der Waals surface area (Å²) in [4.78, 5) is 25.7. The lowest BCUT2D eigenvalue weighted by molar-refractivity contribution is -0.137. The summed E-state index contributed by atoms with van der Waals surface area (Å²) in [6, 6.07) is 13.5. The van der Waals surface area contributed by atoms with Crippen LogP contribution in [-0.4, -0.2) is 25.8 Å². The summed E-state index contributed by atoms with van der Waals surface area (Å²) in [7, 11) is 2.77. The largest absolute Gasteiger partial charge is 0.496 e. The van der Waals surface area contributed by atoms with Gasteiger partial charge in [-0.1, -0.05) is 24.3 Å². The summed E-state index contributed by atoms with van der Waals surface area (Å²) in [6.45, 7) is 4.97. The van der Waals surface area contributed by atoms with E-state index in [0.29, 0.717) is 22.4 Å². The number of benzene rings is 3. The Morgan fingerprint density at radius 2 is 1.52 bits per heavy atom. The van der Waals surface area contributed by atoms with Gasteiger partial charge in [-0.2, -0.15) is 13.2 Å². The average molecular weight is 455 g/mol. The van der Waals surface area contributed by atoms with Gasteiger partial charge >= 0.3 is 6.18 Å². The molecule has 0 N–H and O–H groups in total. The van der Waals surface area contributed by atoms with Gasteiger partial charge in [0.25, 0.3) is 5.91 Å². The molecule has 0 saturated carbocycles. The van der Waals surface area contributed by atoms with Crippen molar-refractivity contribution in [2.24, 2.45) is 0 Å². The number of aryl methyl sites for hydroxylation is 2. The van der Waals surface area contributed by atoms with Gasteiger partial charge in [0.1, 0.15) is 5.75 Å². The van der Waals surface area contributed by atoms with Crippen LogP contribution in [0.4, 0.5) is 18.9 Å². The minimum Gasteiger partial charge on any atom is -0.496 e. The summed E-state index contributed by atoms with van der Waals surface area (Å²) in [5, 5.41) is 0. The monoisotopic (exact) mass is 455 g/mol. The lowest BCUT2D eigenvalue weighted by Crippen LogP contribution is -2.28. The predicted octanol–water partition coefficient (Wildman–Crippen LogP) is 6.48. The molecule has 3 rings (SSSR count). The molecule has 0 bridgehead atoms. The lowest BCUT2D eigenvalue weighted by atomic mass is 9.95. The fourth-order valence-electron chi connectivity index (χ4n) is 3.63. The summed E-state index contributed by atoms with van der Waals surface area (Å²) in [6.07, 6.45) is -4.70. The molecule has 0 atom stereocenters. The van der Waals surface area contributed by atoms with E-state index in [-0.39, 0.29) is 17.0 Å². The number of Topliss-reactive ketones (excluding diaryl/α,β-unsaturated/α-hetero) is 1. The number of anilines is 1. The number of carbonyl (C=O) groups is 2. The number of nitrogens with zero attached hydrogens (tertiary/aromatic N) is 1. The zero-order valence-corrected chi connectivity index (χ0v) is 19.0. The first-order chi connectivity index (χ1) is 15.4. The van der Waals surface area contributed by atoms with Crippen LogP contribution in [0.1, 0.15) is 44.3 Å². The molecule has 0 aliphatic rings. The minimum atomic E-state index is -4.70. The Labute approximate surface area is 190 Å². The van der Waals surface area contributed by atoms with E-state index in [4.69, 9.17) is 4.74 Å². The molecule has 0 heterocycles. The van der Waals surface area contributed by atoms with Crippen LogP contribution in [-0.2, 0) is 6.18 Å².